The minimum absolute atomic E-state index is 0.0560. The number of ether oxygens (including phenoxy) is 2. The van der Waals surface area contributed by atoms with E-state index in [9.17, 15) is 4.79 Å². The highest BCUT2D eigenvalue weighted by atomic mass is 16.5. The molecule has 1 amide bonds. The molecule has 0 saturated heterocycles. The molecule has 0 N–H and O–H groups in total. The molecular weight excluding hydrogens is 282 g/mol. The van der Waals surface area contributed by atoms with Gasteiger partial charge in [-0.15, -0.1) is 0 Å². The van der Waals surface area contributed by atoms with Crippen molar-refractivity contribution >= 4 is 5.91 Å². The predicted molar refractivity (Wildman–Crippen MR) is 81.1 cm³/mol. The third-order valence-electron chi connectivity index (χ3n) is 3.52. The molecule has 1 aromatic carbocycles. The zero-order valence-electron chi connectivity index (χ0n) is 12.8. The van der Waals surface area contributed by atoms with Gasteiger partial charge in [0.1, 0.15) is 0 Å². The van der Waals surface area contributed by atoms with Crippen molar-refractivity contribution in [2.24, 2.45) is 7.05 Å². The number of aryl methyl sites for hydroxylation is 1. The number of carbonyl (C=O) groups is 1. The topological polar surface area (TPSA) is 56.6 Å². The molecule has 22 heavy (non-hydrogen) atoms. The molecule has 2 heterocycles. The van der Waals surface area contributed by atoms with E-state index in [-0.39, 0.29) is 5.91 Å². The van der Waals surface area contributed by atoms with E-state index in [1.807, 2.05) is 13.2 Å². The Hall–Kier alpha value is -2.50. The SMILES string of the molecule is CN(Cc1cnn(C)c1)C(=O)c1ccc2c(c1)OCCCO2. The molecule has 3 rings (SSSR count). The van der Waals surface area contributed by atoms with Crippen LogP contribution < -0.4 is 9.47 Å². The summed E-state index contributed by atoms with van der Waals surface area (Å²) in [7, 11) is 3.63. The molecule has 0 saturated carbocycles. The van der Waals surface area contributed by atoms with Gasteiger partial charge in [-0.05, 0) is 18.2 Å². The van der Waals surface area contributed by atoms with Crippen LogP contribution in [0.25, 0.3) is 0 Å². The fraction of sp³-hybridized carbons (Fsp3) is 0.375. The molecule has 1 aliphatic heterocycles. The third kappa shape index (κ3) is 3.05. The summed E-state index contributed by atoms with van der Waals surface area (Å²) in [6.07, 6.45) is 4.51. The van der Waals surface area contributed by atoms with Crippen LogP contribution in [0.15, 0.2) is 30.6 Å². The lowest BCUT2D eigenvalue weighted by molar-refractivity contribution is 0.0784. The molecule has 0 unspecified atom stereocenters. The normalized spacial score (nSPS) is 13.5. The minimum Gasteiger partial charge on any atom is -0.490 e. The Balaban J connectivity index is 1.75. The highest BCUT2D eigenvalue weighted by molar-refractivity contribution is 5.94. The van der Waals surface area contributed by atoms with Gasteiger partial charge >= 0.3 is 0 Å². The quantitative estimate of drug-likeness (QED) is 0.868. The standard InChI is InChI=1S/C16H19N3O3/c1-18(10-12-9-17-19(2)11-12)16(20)13-4-5-14-15(8-13)22-7-3-6-21-14/h4-5,8-9,11H,3,6-7,10H2,1-2H3. The number of nitrogens with zero attached hydrogens (tertiary/aromatic N) is 3. The molecule has 0 fully saturated rings. The van der Waals surface area contributed by atoms with Crippen LogP contribution in [0.4, 0.5) is 0 Å². The van der Waals surface area contributed by atoms with E-state index in [1.54, 1.807) is 41.0 Å². The second-order valence-electron chi connectivity index (χ2n) is 5.40. The first-order chi connectivity index (χ1) is 10.6. The Bertz CT molecular complexity index is 681. The molecule has 6 heteroatoms. The van der Waals surface area contributed by atoms with Gasteiger partial charge in [0.15, 0.2) is 11.5 Å². The molecule has 6 nitrogen and oxygen atoms in total. The van der Waals surface area contributed by atoms with E-state index in [1.165, 1.54) is 0 Å². The van der Waals surface area contributed by atoms with Gasteiger partial charge in [0.05, 0.1) is 19.4 Å². The fourth-order valence-electron chi connectivity index (χ4n) is 2.42. The van der Waals surface area contributed by atoms with E-state index >= 15 is 0 Å². The molecule has 0 radical (unpaired) electrons. The number of aromatic nitrogens is 2. The van der Waals surface area contributed by atoms with Crippen molar-refractivity contribution in [3.05, 3.63) is 41.7 Å². The Morgan fingerprint density at radius 2 is 2.09 bits per heavy atom. The van der Waals surface area contributed by atoms with Crippen molar-refractivity contribution < 1.29 is 14.3 Å². The minimum atomic E-state index is -0.0560. The zero-order chi connectivity index (χ0) is 15.5. The maximum Gasteiger partial charge on any atom is 0.254 e. The molecule has 0 atom stereocenters. The van der Waals surface area contributed by atoms with Gasteiger partial charge in [-0.3, -0.25) is 9.48 Å². The summed E-state index contributed by atoms with van der Waals surface area (Å²) in [6.45, 7) is 1.76. The average molecular weight is 301 g/mol. The summed E-state index contributed by atoms with van der Waals surface area (Å²) < 4.78 is 12.9. The van der Waals surface area contributed by atoms with E-state index < -0.39 is 0 Å². The zero-order valence-corrected chi connectivity index (χ0v) is 12.8. The van der Waals surface area contributed by atoms with Gasteiger partial charge in [0.25, 0.3) is 5.91 Å². The highest BCUT2D eigenvalue weighted by Crippen LogP contribution is 2.30. The van der Waals surface area contributed by atoms with E-state index in [4.69, 9.17) is 9.47 Å². The molecule has 0 bridgehead atoms. The van der Waals surface area contributed by atoms with Crippen LogP contribution in [-0.2, 0) is 13.6 Å². The first-order valence-electron chi connectivity index (χ1n) is 7.26. The second-order valence-corrected chi connectivity index (χ2v) is 5.40. The smallest absolute Gasteiger partial charge is 0.254 e. The van der Waals surface area contributed by atoms with Crippen LogP contribution in [0, 0.1) is 0 Å². The van der Waals surface area contributed by atoms with Crippen molar-refractivity contribution in [1.82, 2.24) is 14.7 Å². The number of fused-ring (bicyclic) bond motifs is 1. The first kappa shape index (κ1) is 14.4. The van der Waals surface area contributed by atoms with Gasteiger partial charge in [0, 0.05) is 44.4 Å². The van der Waals surface area contributed by atoms with Gasteiger partial charge in [-0.2, -0.15) is 5.10 Å². The summed E-state index contributed by atoms with van der Waals surface area (Å²) in [5.41, 5.74) is 1.59. The summed E-state index contributed by atoms with van der Waals surface area (Å²) in [5.74, 6) is 1.28. The molecule has 0 spiro atoms. The molecule has 2 aromatic rings. The second kappa shape index (κ2) is 6.09. The number of carbonyl (C=O) groups excluding carboxylic acids is 1. The van der Waals surface area contributed by atoms with Crippen LogP contribution in [0.2, 0.25) is 0 Å². The van der Waals surface area contributed by atoms with Crippen LogP contribution >= 0.6 is 0 Å². The molecule has 1 aliphatic rings. The van der Waals surface area contributed by atoms with Crippen molar-refractivity contribution in [2.75, 3.05) is 20.3 Å². The van der Waals surface area contributed by atoms with Gasteiger partial charge in [0.2, 0.25) is 0 Å². The van der Waals surface area contributed by atoms with Crippen LogP contribution in [0.3, 0.4) is 0 Å². The fourth-order valence-corrected chi connectivity index (χ4v) is 2.42. The van der Waals surface area contributed by atoms with Crippen LogP contribution in [0.5, 0.6) is 11.5 Å². The lowest BCUT2D eigenvalue weighted by Crippen LogP contribution is -2.26. The Morgan fingerprint density at radius 3 is 2.82 bits per heavy atom. The van der Waals surface area contributed by atoms with E-state index in [0.29, 0.717) is 36.8 Å². The maximum atomic E-state index is 12.5. The summed E-state index contributed by atoms with van der Waals surface area (Å²) >= 11 is 0. The molecule has 0 aliphatic carbocycles. The summed E-state index contributed by atoms with van der Waals surface area (Å²) in [4.78, 5) is 14.2. The number of hydrogen-bond acceptors (Lipinski definition) is 4. The lowest BCUT2D eigenvalue weighted by Gasteiger charge is -2.17. The van der Waals surface area contributed by atoms with Crippen LogP contribution in [-0.4, -0.2) is 40.8 Å². The largest absolute Gasteiger partial charge is 0.490 e. The first-order valence-corrected chi connectivity index (χ1v) is 7.26. The van der Waals surface area contributed by atoms with E-state index in [0.717, 1.165) is 12.0 Å². The number of rotatable bonds is 3. The third-order valence-corrected chi connectivity index (χ3v) is 3.52. The van der Waals surface area contributed by atoms with Gasteiger partial charge in [-0.25, -0.2) is 0 Å². The maximum absolute atomic E-state index is 12.5. The van der Waals surface area contributed by atoms with Crippen molar-refractivity contribution in [1.29, 1.82) is 0 Å². The van der Waals surface area contributed by atoms with Crippen LogP contribution in [0.1, 0.15) is 22.3 Å². The summed E-state index contributed by atoms with van der Waals surface area (Å²) in [6, 6.07) is 5.32. The molecule has 1 aromatic heterocycles. The number of benzene rings is 1. The average Bonchev–Trinajstić information content (AvgIpc) is 2.78. The summed E-state index contributed by atoms with van der Waals surface area (Å²) in [5, 5.41) is 4.11. The van der Waals surface area contributed by atoms with Crippen molar-refractivity contribution in [3.63, 3.8) is 0 Å². The number of amides is 1. The van der Waals surface area contributed by atoms with Crippen molar-refractivity contribution in [3.8, 4) is 11.5 Å². The van der Waals surface area contributed by atoms with E-state index in [2.05, 4.69) is 5.10 Å². The van der Waals surface area contributed by atoms with Gasteiger partial charge < -0.3 is 14.4 Å². The number of hydrogen-bond donors (Lipinski definition) is 0. The van der Waals surface area contributed by atoms with Gasteiger partial charge in [-0.1, -0.05) is 0 Å². The Labute approximate surface area is 129 Å². The Morgan fingerprint density at radius 1 is 1.32 bits per heavy atom. The molecule has 116 valence electrons. The Kier molecular flexibility index (Phi) is 4.00. The lowest BCUT2D eigenvalue weighted by atomic mass is 10.1. The monoisotopic (exact) mass is 301 g/mol. The highest BCUT2D eigenvalue weighted by Gasteiger charge is 2.17. The molecular formula is C16H19N3O3. The van der Waals surface area contributed by atoms with Crippen molar-refractivity contribution in [2.45, 2.75) is 13.0 Å². The predicted octanol–water partition coefficient (Wildman–Crippen LogP) is 1.85.